The highest BCUT2D eigenvalue weighted by Gasteiger charge is 2.29. The van der Waals surface area contributed by atoms with Gasteiger partial charge in [0.25, 0.3) is 0 Å². The number of carbonyl (C=O) groups excluding carboxylic acids is 1. The van der Waals surface area contributed by atoms with Crippen LogP contribution in [-0.2, 0) is 4.79 Å². The average Bonchev–Trinajstić information content (AvgIpc) is 2.65. The Morgan fingerprint density at radius 1 is 1.00 bits per heavy atom. The molecule has 6 atom stereocenters. The summed E-state index contributed by atoms with van der Waals surface area (Å²) in [5.41, 5.74) is 0. The fraction of sp³-hybridized carbons (Fsp3) is 0.944. The van der Waals surface area contributed by atoms with Gasteiger partial charge in [-0.2, -0.15) is 11.8 Å². The van der Waals surface area contributed by atoms with Crippen LogP contribution in [0, 0.1) is 0 Å². The Morgan fingerprint density at radius 2 is 1.59 bits per heavy atom. The van der Waals surface area contributed by atoms with Crippen LogP contribution >= 0.6 is 11.8 Å². The molecule has 0 heterocycles. The van der Waals surface area contributed by atoms with Gasteiger partial charge in [-0.25, -0.2) is 0 Å². The lowest BCUT2D eigenvalue weighted by Gasteiger charge is -2.25. The highest BCUT2D eigenvalue weighted by Crippen LogP contribution is 2.13. The van der Waals surface area contributed by atoms with Gasteiger partial charge in [0.2, 0.25) is 0 Å². The quantitative estimate of drug-likeness (QED) is 0.157. The van der Waals surface area contributed by atoms with E-state index in [1.807, 2.05) is 27.0 Å². The molecule has 0 bridgehead atoms. The number of aliphatic hydroxyl groups is 5. The van der Waals surface area contributed by atoms with Gasteiger partial charge in [0.15, 0.2) is 5.78 Å². The number of hydrogen-bond acceptors (Lipinski definition) is 9. The van der Waals surface area contributed by atoms with Crippen molar-refractivity contribution >= 4 is 17.5 Å². The van der Waals surface area contributed by atoms with Crippen LogP contribution in [0.1, 0.15) is 40.0 Å². The molecular formula is C18H38N2O6S. The monoisotopic (exact) mass is 410 g/mol. The van der Waals surface area contributed by atoms with E-state index < -0.39 is 31.0 Å². The molecular weight excluding hydrogens is 372 g/mol. The number of ketones is 1. The highest BCUT2D eigenvalue weighted by molar-refractivity contribution is 7.99. The lowest BCUT2D eigenvalue weighted by Crippen LogP contribution is -2.49. The molecule has 9 heteroatoms. The molecule has 0 spiro atoms. The molecule has 27 heavy (non-hydrogen) atoms. The van der Waals surface area contributed by atoms with Gasteiger partial charge < -0.3 is 36.2 Å². The Kier molecular flexibility index (Phi) is 14.6. The minimum absolute atomic E-state index is 0.0447. The Bertz CT molecular complexity index is 402. The number of thioether (sulfide) groups is 1. The fourth-order valence-electron chi connectivity index (χ4n) is 2.64. The molecule has 0 aliphatic carbocycles. The van der Waals surface area contributed by atoms with Gasteiger partial charge in [0.05, 0.1) is 24.0 Å². The first kappa shape index (κ1) is 26.7. The van der Waals surface area contributed by atoms with Crippen molar-refractivity contribution in [1.29, 1.82) is 0 Å². The number of nitrogens with one attached hydrogen (secondary N) is 2. The Morgan fingerprint density at radius 3 is 2.11 bits per heavy atom. The zero-order chi connectivity index (χ0) is 21.0. The number of aliphatic hydroxyl groups excluding tert-OH is 5. The van der Waals surface area contributed by atoms with Crippen LogP contribution in [0.3, 0.4) is 0 Å². The maximum Gasteiger partial charge on any atom is 0.162 e. The topological polar surface area (TPSA) is 142 Å². The van der Waals surface area contributed by atoms with Crippen molar-refractivity contribution in [2.45, 2.75) is 81.8 Å². The molecule has 0 aromatic carbocycles. The maximum atomic E-state index is 12.4. The predicted octanol–water partition coefficient (Wildman–Crippen LogP) is -1.13. The first-order valence-electron chi connectivity index (χ1n) is 9.52. The highest BCUT2D eigenvalue weighted by atomic mass is 32.2. The van der Waals surface area contributed by atoms with E-state index in [1.54, 1.807) is 11.8 Å². The fourth-order valence-corrected chi connectivity index (χ4v) is 3.04. The molecule has 4 unspecified atom stereocenters. The lowest BCUT2D eigenvalue weighted by molar-refractivity contribution is -0.120. The molecule has 0 saturated heterocycles. The summed E-state index contributed by atoms with van der Waals surface area (Å²) in [6.07, 6.45) is -1.65. The van der Waals surface area contributed by atoms with E-state index in [-0.39, 0.29) is 29.7 Å². The second-order valence-electron chi connectivity index (χ2n) is 7.15. The SMILES string of the molecule is CS[C@@H](C)C(=O)[C@H](CCCCNCC(O)C(O)C(O)C(O)CO)NC(C)C. The first-order valence-corrected chi connectivity index (χ1v) is 10.8. The summed E-state index contributed by atoms with van der Waals surface area (Å²) >= 11 is 1.54. The summed E-state index contributed by atoms with van der Waals surface area (Å²) in [6.45, 7) is 5.88. The van der Waals surface area contributed by atoms with E-state index >= 15 is 0 Å². The number of Topliss-reactive ketones (excluding diaryl/α,β-unsaturated/α-hetero) is 1. The standard InChI is InChI=1S/C18H38N2O6S/c1-11(2)20-13(16(24)12(3)27-4)7-5-6-8-19-9-14(22)17(25)18(26)15(23)10-21/h11-15,17-23,25-26H,5-10H2,1-4H3/t12-,13-,14?,15?,17?,18?/m0/s1. The number of unbranched alkanes of at least 4 members (excludes halogenated alkanes) is 1. The molecule has 7 N–H and O–H groups in total. The minimum atomic E-state index is -1.61. The minimum Gasteiger partial charge on any atom is -0.394 e. The summed E-state index contributed by atoms with van der Waals surface area (Å²) in [6, 6.07) is 0.0541. The maximum absolute atomic E-state index is 12.4. The molecule has 0 saturated carbocycles. The van der Waals surface area contributed by atoms with E-state index in [0.717, 1.165) is 19.3 Å². The van der Waals surface area contributed by atoms with E-state index in [0.29, 0.717) is 6.54 Å². The third-order valence-corrected chi connectivity index (χ3v) is 5.35. The third kappa shape index (κ3) is 10.7. The second kappa shape index (κ2) is 14.7. The van der Waals surface area contributed by atoms with Gasteiger partial charge in [-0.05, 0) is 32.6 Å². The first-order chi connectivity index (χ1) is 12.6. The summed E-state index contributed by atoms with van der Waals surface area (Å²) in [5, 5.41) is 53.4. The summed E-state index contributed by atoms with van der Waals surface area (Å²) < 4.78 is 0. The van der Waals surface area contributed by atoms with Crippen LogP contribution in [0.4, 0.5) is 0 Å². The van der Waals surface area contributed by atoms with Crippen LogP contribution in [0.15, 0.2) is 0 Å². The van der Waals surface area contributed by atoms with Crippen molar-refractivity contribution < 1.29 is 30.3 Å². The molecule has 0 amide bonds. The third-order valence-electron chi connectivity index (χ3n) is 4.41. The van der Waals surface area contributed by atoms with Gasteiger partial charge in [-0.3, -0.25) is 4.79 Å². The van der Waals surface area contributed by atoms with Crippen molar-refractivity contribution in [2.24, 2.45) is 0 Å². The summed E-state index contributed by atoms with van der Waals surface area (Å²) in [4.78, 5) is 12.4. The smallest absolute Gasteiger partial charge is 0.162 e. The van der Waals surface area contributed by atoms with Crippen LogP contribution < -0.4 is 10.6 Å². The molecule has 8 nitrogen and oxygen atoms in total. The van der Waals surface area contributed by atoms with Gasteiger partial charge in [-0.15, -0.1) is 0 Å². The normalized spacial score (nSPS) is 18.7. The van der Waals surface area contributed by atoms with Crippen molar-refractivity contribution in [1.82, 2.24) is 10.6 Å². The molecule has 0 aliphatic rings. The van der Waals surface area contributed by atoms with E-state index in [4.69, 9.17) is 5.11 Å². The summed E-state index contributed by atoms with van der Waals surface area (Å²) in [7, 11) is 0. The van der Waals surface area contributed by atoms with E-state index in [9.17, 15) is 25.2 Å². The average molecular weight is 411 g/mol. The Hall–Kier alpha value is -0.260. The van der Waals surface area contributed by atoms with E-state index in [1.165, 1.54) is 0 Å². The van der Waals surface area contributed by atoms with Gasteiger partial charge in [-0.1, -0.05) is 20.3 Å². The number of carbonyl (C=O) groups is 1. The van der Waals surface area contributed by atoms with Crippen LogP contribution in [0.25, 0.3) is 0 Å². The number of hydrogen-bond donors (Lipinski definition) is 7. The van der Waals surface area contributed by atoms with E-state index in [2.05, 4.69) is 10.6 Å². The zero-order valence-electron chi connectivity index (χ0n) is 16.8. The molecule has 0 rings (SSSR count). The molecule has 0 radical (unpaired) electrons. The predicted molar refractivity (Wildman–Crippen MR) is 108 cm³/mol. The Labute approximate surface area is 166 Å². The van der Waals surface area contributed by atoms with Crippen LogP contribution in [0.5, 0.6) is 0 Å². The lowest BCUT2D eigenvalue weighted by atomic mass is 10.0. The van der Waals surface area contributed by atoms with Crippen molar-refractivity contribution in [3.63, 3.8) is 0 Å². The summed E-state index contributed by atoms with van der Waals surface area (Å²) in [5.74, 6) is 0.208. The van der Waals surface area contributed by atoms with Gasteiger partial charge in [0.1, 0.15) is 18.3 Å². The number of rotatable bonds is 16. The van der Waals surface area contributed by atoms with Crippen LogP contribution in [0.2, 0.25) is 0 Å². The van der Waals surface area contributed by atoms with Crippen molar-refractivity contribution in [3.05, 3.63) is 0 Å². The Balaban J connectivity index is 4.15. The molecule has 162 valence electrons. The molecule has 0 fully saturated rings. The van der Waals surface area contributed by atoms with Gasteiger partial charge in [0, 0.05) is 12.6 Å². The molecule has 0 aromatic heterocycles. The van der Waals surface area contributed by atoms with Crippen molar-refractivity contribution in [3.8, 4) is 0 Å². The van der Waals surface area contributed by atoms with Crippen molar-refractivity contribution in [2.75, 3.05) is 26.0 Å². The van der Waals surface area contributed by atoms with Crippen LogP contribution in [-0.4, -0.2) is 99.0 Å². The zero-order valence-corrected chi connectivity index (χ0v) is 17.7. The van der Waals surface area contributed by atoms with Gasteiger partial charge >= 0.3 is 0 Å². The largest absolute Gasteiger partial charge is 0.394 e. The molecule has 0 aromatic rings. The molecule has 0 aliphatic heterocycles. The second-order valence-corrected chi connectivity index (χ2v) is 8.33.